The van der Waals surface area contributed by atoms with Gasteiger partial charge in [0.15, 0.2) is 0 Å². The molecule has 0 atom stereocenters. The van der Waals surface area contributed by atoms with Crippen LogP contribution in [-0.4, -0.2) is 331 Å². The number of methoxy groups -OCH3 is 3. The zero-order valence-corrected chi connectivity index (χ0v) is 87.1. The van der Waals surface area contributed by atoms with Gasteiger partial charge in [-0.05, 0) is 239 Å². The zero-order valence-electron chi connectivity index (χ0n) is 81.9. The summed E-state index contributed by atoms with van der Waals surface area (Å²) in [5.41, 5.74) is 8.15. The van der Waals surface area contributed by atoms with E-state index in [1.807, 2.05) is 85.4 Å². The summed E-state index contributed by atoms with van der Waals surface area (Å²) in [5.74, 6) is 2.06. The van der Waals surface area contributed by atoms with Crippen molar-refractivity contribution in [2.75, 3.05) is 178 Å². The molecule has 8 aliphatic heterocycles. The predicted octanol–water partition coefficient (Wildman–Crippen LogP) is 14.4. The Morgan fingerprint density at radius 2 is 0.640 bits per heavy atom. The third-order valence-corrected chi connectivity index (χ3v) is 29.8. The van der Waals surface area contributed by atoms with Gasteiger partial charge in [-0.1, -0.05) is 118 Å². The summed E-state index contributed by atoms with van der Waals surface area (Å²) in [6, 6.07) is 17.2. The number of carbonyl (C=O) groups is 9. The quantitative estimate of drug-likeness (QED) is 0.0389. The minimum Gasteiger partial charge on any atom is -0.508 e. The number of nitrogens with zero attached hydrogens (tertiary/aromatic N) is 11. The van der Waals surface area contributed by atoms with Crippen molar-refractivity contribution in [3.05, 3.63) is 151 Å². The van der Waals surface area contributed by atoms with E-state index in [0.717, 1.165) is 243 Å². The molecule has 0 unspecified atom stereocenters. The molecule has 34 heteroatoms. The van der Waals surface area contributed by atoms with E-state index in [4.69, 9.17) is 86.8 Å². The van der Waals surface area contributed by atoms with Crippen LogP contribution in [0.5, 0.6) is 23.0 Å². The number of phenolic OH excluding ortho intramolecular Hbond substituents is 1. The molecule has 0 aromatic heterocycles. The van der Waals surface area contributed by atoms with Crippen molar-refractivity contribution in [2.24, 2.45) is 0 Å². The summed E-state index contributed by atoms with van der Waals surface area (Å²) >= 11 is 30.3. The minimum atomic E-state index is -0.800. The van der Waals surface area contributed by atoms with E-state index in [-0.39, 0.29) is 94.1 Å². The van der Waals surface area contributed by atoms with E-state index in [2.05, 4.69) is 84.5 Å². The smallest absolute Gasteiger partial charge is 0.410 e. The average Bonchev–Trinajstić information content (AvgIpc) is 1.63. The molecule has 4 aliphatic carbocycles. The van der Waals surface area contributed by atoms with Gasteiger partial charge in [0.1, 0.15) is 34.2 Å². The molecule has 4 aromatic carbocycles. The zero-order chi connectivity index (χ0) is 98.4. The first kappa shape index (κ1) is 110. The third kappa shape index (κ3) is 30.1. The van der Waals surface area contributed by atoms with Crippen LogP contribution in [0.4, 0.5) is 9.59 Å². The number of carboxylic acids is 1. The van der Waals surface area contributed by atoms with Crippen LogP contribution in [0.3, 0.4) is 0 Å². The largest absolute Gasteiger partial charge is 0.508 e. The van der Waals surface area contributed by atoms with E-state index in [9.17, 15) is 48.3 Å². The molecular formula is C102H143Cl5N12O16V. The van der Waals surface area contributed by atoms with Crippen LogP contribution in [0.25, 0.3) is 0 Å². The first-order chi connectivity index (χ1) is 63.8. The number of piperazine rings is 4. The molecule has 0 spiro atoms. The fourth-order valence-corrected chi connectivity index (χ4v) is 19.8. The molecule has 1 radical (unpaired) electrons. The van der Waals surface area contributed by atoms with Gasteiger partial charge in [-0.15, -0.1) is 0 Å². The molecule has 8 saturated heterocycles. The normalized spacial score (nSPS) is 19.9. The molecule has 16 rings (SSSR count). The number of rotatable bonds is 26. The Labute approximate surface area is 841 Å². The van der Waals surface area contributed by atoms with Crippen LogP contribution < -0.4 is 19.5 Å². The Bertz CT molecular complexity index is 4900. The van der Waals surface area contributed by atoms with E-state index in [1.54, 1.807) is 48.2 Å². The van der Waals surface area contributed by atoms with Gasteiger partial charge in [-0.3, -0.25) is 53.2 Å². The van der Waals surface area contributed by atoms with Gasteiger partial charge in [0.2, 0.25) is 34.8 Å². The topological polar surface area (TPSA) is 288 Å². The minimum absolute atomic E-state index is 0. The summed E-state index contributed by atoms with van der Waals surface area (Å²) in [6.45, 7) is 50.1. The molecule has 3 N–H and O–H groups in total. The van der Waals surface area contributed by atoms with Crippen LogP contribution in [0.2, 0.25) is 20.1 Å². The molecule has 8 heterocycles. The molecule has 12 fully saturated rings. The number of nitrogens with one attached hydrogen (secondary N) is 1. The molecule has 12 aliphatic rings. The summed E-state index contributed by atoms with van der Waals surface area (Å²) in [4.78, 5) is 128. The van der Waals surface area contributed by atoms with E-state index >= 15 is 0 Å². The number of halogens is 5. The number of carbonyl (C=O) groups excluding carboxylic acids is 8. The first-order valence-corrected chi connectivity index (χ1v) is 49.7. The molecule has 28 nitrogen and oxygen atoms in total. The summed E-state index contributed by atoms with van der Waals surface area (Å²) in [6.07, 6.45) is 16.2. The van der Waals surface area contributed by atoms with Crippen molar-refractivity contribution in [2.45, 2.75) is 229 Å². The van der Waals surface area contributed by atoms with Crippen molar-refractivity contribution in [3.8, 4) is 23.0 Å². The van der Waals surface area contributed by atoms with Crippen molar-refractivity contribution in [1.82, 2.24) is 59.2 Å². The van der Waals surface area contributed by atoms with Crippen molar-refractivity contribution in [3.63, 3.8) is 0 Å². The number of ether oxygens (including phenoxy) is 5. The average molecular weight is 2020 g/mol. The number of benzene rings is 4. The maximum Gasteiger partial charge on any atom is 0.410 e. The number of likely N-dealkylation sites (tertiary alicyclic amines) is 4. The van der Waals surface area contributed by atoms with Gasteiger partial charge < -0.3 is 73.5 Å². The SMILES string of the molecule is C=CC(=O)Cl.C=CC(=O)N1CC(N2CCN(C(=O)CCc3cc(C4(C)CC4)c(Cl)cc3O)CC2)C1.C=CC(=O)N1CC(N2CCN(C(=O)CCc3cc(C4(C)CC4)c(Cl)cc3OC)CC2)C1.CC(C)(C)OC(=O)N1CC(N2CCNCC2)C1.COc1cc(Cl)c(C2(C)CC2)cc1CCC(=O)N1CCN(C2CN(C(=O)OC(C)(C)C)C2)CC1.COc1cc(Cl)c(C2(C)CC2)cc1CCC(=O)O.[V]. The number of hydrogen-bond donors (Lipinski definition) is 3. The van der Waals surface area contributed by atoms with Gasteiger partial charge in [0, 0.05) is 246 Å². The van der Waals surface area contributed by atoms with E-state index < -0.39 is 22.4 Å². The fraction of sp³-hybridized carbons (Fsp3) is 0.618. The number of amides is 7. The van der Waals surface area contributed by atoms with Crippen LogP contribution in [-0.2, 0) is 109 Å². The molecular weight excluding hydrogens is 1880 g/mol. The molecule has 4 aromatic rings. The number of aliphatic carboxylic acids is 1. The van der Waals surface area contributed by atoms with E-state index in [1.165, 1.54) is 23.3 Å². The molecule has 747 valence electrons. The van der Waals surface area contributed by atoms with Gasteiger partial charge in [0.05, 0.1) is 21.3 Å². The van der Waals surface area contributed by atoms with Crippen LogP contribution >= 0.6 is 58.0 Å². The number of carboxylic acid groups (broad SMARTS) is 1. The first-order valence-electron chi connectivity index (χ1n) is 47.8. The molecule has 0 bridgehead atoms. The Kier molecular flexibility index (Phi) is 39.0. The van der Waals surface area contributed by atoms with Crippen molar-refractivity contribution in [1.29, 1.82) is 0 Å². The van der Waals surface area contributed by atoms with Gasteiger partial charge >= 0.3 is 18.2 Å². The Balaban J connectivity index is 0.000000177. The summed E-state index contributed by atoms with van der Waals surface area (Å²) in [5, 5.41) is 24.7. The monoisotopic (exact) mass is 2020 g/mol. The fourth-order valence-electron chi connectivity index (χ4n) is 18.3. The van der Waals surface area contributed by atoms with Gasteiger partial charge in [-0.2, -0.15) is 0 Å². The second-order valence-corrected chi connectivity index (χ2v) is 42.9. The second kappa shape index (κ2) is 48.1. The summed E-state index contributed by atoms with van der Waals surface area (Å²) in [7, 11) is 4.88. The molecule has 4 saturated carbocycles. The number of allylic oxidation sites excluding steroid dienone is 1. The number of aromatic hydroxyl groups is 1. The maximum absolute atomic E-state index is 12.9. The molecule has 7 amide bonds. The Morgan fingerprint density at radius 3 is 0.890 bits per heavy atom. The standard InChI is InChI=1S/C26H38ClN3O4.C24H32ClN3O3.C23H30ClN3O3.C14H17ClO3.C12H23N3O2.C3H3ClO.V/c1-25(2,3)34-24(32)30-16-19(17-30)28-10-12-29(13-11-28)23(31)7-6-18-14-20(26(4)8-9-26)21(27)15-22(18)33-5;1-4-22(29)28-15-18(16-28)26-9-11-27(12-10-26)23(30)6-5-17-13-19(24(2)7-8-24)20(25)14-21(17)31-3;1-3-21(29)27-14-17(15-27)25-8-10-26(11-9-25)22(30)5-4-16-12-18(23(2)6-7-23)19(24)13-20(16)28;1-14(5-6-14)10-7-9(3-4-13(16)17)12(18-2)8-11(10)15;1-12(2,3)17-11(16)15-8-10(9-15)14-6-4-13-5-7-14;1-2-3(4)5;/h14-15,19H,6-13,16-17H2,1-5H3;4,13-14,18H,1,5-12,15-16H2,2-3H3;3,12-13,17,28H,1,4-11,14-15H2,2H3;7-8H,3-6H2,1-2H3,(H,16,17);10,13H,4-9H2,1-3H3;2H,1H2;. The summed E-state index contributed by atoms with van der Waals surface area (Å²) < 4.78 is 27.1. The van der Waals surface area contributed by atoms with Crippen LogP contribution in [0, 0.1) is 0 Å². The number of hydrogen-bond acceptors (Lipinski definition) is 20. The van der Waals surface area contributed by atoms with E-state index in [0.29, 0.717) is 111 Å². The third-order valence-electron chi connectivity index (χ3n) is 28.4. The van der Waals surface area contributed by atoms with Gasteiger partial charge in [-0.25, -0.2) is 9.59 Å². The van der Waals surface area contributed by atoms with Crippen molar-refractivity contribution >= 4 is 111 Å². The maximum atomic E-state index is 12.9. The Morgan fingerprint density at radius 1 is 0.390 bits per heavy atom. The number of aryl methyl sites for hydroxylation is 4. The van der Waals surface area contributed by atoms with Gasteiger partial charge in [0.25, 0.3) is 0 Å². The van der Waals surface area contributed by atoms with Crippen molar-refractivity contribution < 1.29 is 95.6 Å². The van der Waals surface area contributed by atoms with Crippen LogP contribution in [0.1, 0.15) is 191 Å². The predicted molar refractivity (Wildman–Crippen MR) is 529 cm³/mol. The molecule has 136 heavy (non-hydrogen) atoms. The Hall–Kier alpha value is -7.84. The second-order valence-electron chi connectivity index (χ2n) is 40.9. The number of phenols is 1. The van der Waals surface area contributed by atoms with Crippen LogP contribution in [0.15, 0.2) is 86.5 Å².